The number of fused-ring (bicyclic) bond motifs is 1. The molecule has 14 nitrogen and oxygen atoms in total. The number of aliphatic hydroxyl groups excluding tert-OH is 2. The van der Waals surface area contributed by atoms with Gasteiger partial charge >= 0.3 is 11.9 Å². The molecule has 3 rings (SSSR count). The maximum atomic E-state index is 12.3. The van der Waals surface area contributed by atoms with Crippen LogP contribution in [-0.2, 0) is 19.1 Å². The fraction of sp³-hybridized carbons (Fsp3) is 0.353. The van der Waals surface area contributed by atoms with Crippen LogP contribution < -0.4 is 5.73 Å². The largest absolute Gasteiger partial charge is 0.457 e. The quantitative estimate of drug-likeness (QED) is 0.112. The normalized spacial score (nSPS) is 12.9. The summed E-state index contributed by atoms with van der Waals surface area (Å²) in [4.78, 5) is 62.3. The van der Waals surface area contributed by atoms with Crippen molar-refractivity contribution in [2.75, 3.05) is 13.2 Å². The first-order valence-corrected chi connectivity index (χ1v) is 14.6. The molecule has 0 saturated carbocycles. The topological polar surface area (TPSA) is 233 Å². The highest BCUT2D eigenvalue weighted by molar-refractivity contribution is 6.04. The molecule has 0 unspecified atom stereocenters. The van der Waals surface area contributed by atoms with Gasteiger partial charge < -0.3 is 25.4 Å². The minimum Gasteiger partial charge on any atom is -0.457 e. The van der Waals surface area contributed by atoms with Gasteiger partial charge in [0.05, 0.1) is 34.2 Å². The summed E-state index contributed by atoms with van der Waals surface area (Å²) in [5.74, 6) is -2.00. The van der Waals surface area contributed by atoms with Crippen LogP contribution in [0.1, 0.15) is 86.2 Å². The third-order valence-corrected chi connectivity index (χ3v) is 6.08. The van der Waals surface area contributed by atoms with Crippen LogP contribution in [0.3, 0.4) is 0 Å². The number of nitriles is 1. The first-order valence-electron chi connectivity index (χ1n) is 14.6. The Labute approximate surface area is 277 Å². The number of carbonyl (C=O) groups excluding carboxylic acids is 4. The maximum Gasteiger partial charge on any atom is 0.335 e. The average molecular weight is 663 g/mol. The summed E-state index contributed by atoms with van der Waals surface area (Å²) in [6.45, 7) is 9.01. The van der Waals surface area contributed by atoms with Gasteiger partial charge in [0.15, 0.2) is 11.6 Å². The summed E-state index contributed by atoms with van der Waals surface area (Å²) in [5.41, 5.74) is 5.96. The monoisotopic (exact) mass is 662 g/mol. The van der Waals surface area contributed by atoms with Crippen molar-refractivity contribution < 1.29 is 43.8 Å². The Hall–Kier alpha value is -5.52. The third kappa shape index (κ3) is 11.7. The number of amidine groups is 1. The van der Waals surface area contributed by atoms with E-state index in [1.165, 1.54) is 18.2 Å². The molecule has 2 aromatic carbocycles. The summed E-state index contributed by atoms with van der Waals surface area (Å²) in [5, 5.41) is 37.9. The van der Waals surface area contributed by atoms with E-state index in [4.69, 9.17) is 30.7 Å². The summed E-state index contributed by atoms with van der Waals surface area (Å²) in [6.07, 6.45) is 2.75. The summed E-state index contributed by atoms with van der Waals surface area (Å²) < 4.78 is 10.6. The number of esters is 2. The van der Waals surface area contributed by atoms with Gasteiger partial charge in [-0.05, 0) is 65.8 Å². The van der Waals surface area contributed by atoms with E-state index in [0.717, 1.165) is 6.07 Å². The molecule has 2 aromatic rings. The lowest BCUT2D eigenvalue weighted by Gasteiger charge is -2.20. The zero-order valence-corrected chi connectivity index (χ0v) is 27.5. The van der Waals surface area contributed by atoms with Crippen molar-refractivity contribution in [1.82, 2.24) is 0 Å². The minimum absolute atomic E-state index is 0.0227. The second kappa shape index (κ2) is 16.3. The standard InChI is InChI=1S/C17H18N2O6.C17H20N2O4/c1-17(2,3)25-16(22)13(6-7-18)8-11-4-5-12(15(21)10-20)9-14(11)19(23)24;1-17(2,3)23-16(22)12-6-10-4-5-11(14(21)9-20)7-13(10)19-15(18)8-12/h4-5,8-9,20H,6,10H2,1-3H3;4-7,20H,8-9H2,1-3H3,(H2,18,19)/b13-8+;. The number of ketones is 2. The molecule has 4 N–H and O–H groups in total. The number of benzene rings is 2. The number of hydrogen-bond donors (Lipinski definition) is 3. The van der Waals surface area contributed by atoms with Crippen molar-refractivity contribution >= 4 is 52.9 Å². The van der Waals surface area contributed by atoms with E-state index in [0.29, 0.717) is 22.4 Å². The number of rotatable bonds is 9. The zero-order valence-electron chi connectivity index (χ0n) is 27.5. The zero-order chi connectivity index (χ0) is 36.4. The number of carbonyl (C=O) groups is 4. The molecule has 0 radical (unpaired) electrons. The first kappa shape index (κ1) is 38.7. The predicted molar refractivity (Wildman–Crippen MR) is 176 cm³/mol. The number of hydrogen-bond acceptors (Lipinski definition) is 13. The van der Waals surface area contributed by atoms with Crippen LogP contribution in [0, 0.1) is 21.4 Å². The second-order valence-electron chi connectivity index (χ2n) is 12.4. The van der Waals surface area contributed by atoms with Gasteiger partial charge in [0.1, 0.15) is 30.3 Å². The Morgan fingerprint density at radius 3 is 2.06 bits per heavy atom. The SMILES string of the molecule is CC(C)(C)OC(=O)/C(=C/c1ccc(C(=O)CO)cc1[N+](=O)[O-])CC#N.CC(C)(C)OC(=O)C1=Cc2ccc(C(=O)CO)cc2N=C(N)C1. The van der Waals surface area contributed by atoms with E-state index in [2.05, 4.69) is 4.99 Å². The van der Waals surface area contributed by atoms with E-state index in [1.54, 1.807) is 65.8 Å². The number of ether oxygens (including phenoxy) is 2. The van der Waals surface area contributed by atoms with Crippen LogP contribution in [-0.4, -0.2) is 68.9 Å². The molecule has 1 heterocycles. The van der Waals surface area contributed by atoms with Gasteiger partial charge in [-0.25, -0.2) is 14.6 Å². The van der Waals surface area contributed by atoms with E-state index in [9.17, 15) is 29.3 Å². The van der Waals surface area contributed by atoms with Crippen LogP contribution in [0.25, 0.3) is 12.2 Å². The fourth-order valence-electron chi connectivity index (χ4n) is 4.02. The number of nitrogens with two attached hydrogens (primary N) is 1. The van der Waals surface area contributed by atoms with E-state index in [1.807, 2.05) is 6.07 Å². The fourth-order valence-corrected chi connectivity index (χ4v) is 4.02. The number of Topliss-reactive ketones (excluding diaryl/α,β-unsaturated/α-hetero) is 2. The van der Waals surface area contributed by atoms with Gasteiger partial charge in [0, 0.05) is 34.8 Å². The van der Waals surface area contributed by atoms with Crippen LogP contribution in [0.2, 0.25) is 0 Å². The molecule has 0 fully saturated rings. The number of aliphatic hydroxyl groups is 2. The van der Waals surface area contributed by atoms with Gasteiger partial charge in [-0.15, -0.1) is 0 Å². The van der Waals surface area contributed by atoms with Gasteiger partial charge in [-0.1, -0.05) is 18.2 Å². The van der Waals surface area contributed by atoms with Crippen LogP contribution in [0.5, 0.6) is 0 Å². The molecule has 1 aliphatic heterocycles. The van der Waals surface area contributed by atoms with E-state index in [-0.39, 0.29) is 35.4 Å². The Morgan fingerprint density at radius 2 is 1.54 bits per heavy atom. The van der Waals surface area contributed by atoms with E-state index < -0.39 is 58.5 Å². The molecule has 1 aliphatic rings. The van der Waals surface area contributed by atoms with Crippen molar-refractivity contribution in [3.63, 3.8) is 0 Å². The lowest BCUT2D eigenvalue weighted by atomic mass is 10.0. The molecule has 14 heteroatoms. The first-order chi connectivity index (χ1) is 22.3. The molecular weight excluding hydrogens is 624 g/mol. The Kier molecular flexibility index (Phi) is 13.2. The maximum absolute atomic E-state index is 12.3. The lowest BCUT2D eigenvalue weighted by molar-refractivity contribution is -0.385. The second-order valence-corrected chi connectivity index (χ2v) is 12.4. The van der Waals surface area contributed by atoms with Crippen molar-refractivity contribution in [2.24, 2.45) is 10.7 Å². The van der Waals surface area contributed by atoms with Gasteiger partial charge in [-0.2, -0.15) is 5.26 Å². The summed E-state index contributed by atoms with van der Waals surface area (Å²) in [7, 11) is 0. The Morgan fingerprint density at radius 1 is 0.979 bits per heavy atom. The highest BCUT2D eigenvalue weighted by atomic mass is 16.6. The smallest absolute Gasteiger partial charge is 0.335 e. The predicted octanol–water partition coefficient (Wildman–Crippen LogP) is 4.39. The number of nitrogens with zero attached hydrogens (tertiary/aromatic N) is 3. The molecule has 0 saturated heterocycles. The average Bonchev–Trinajstić information content (AvgIpc) is 3.16. The van der Waals surface area contributed by atoms with Gasteiger partial charge in [0.25, 0.3) is 5.69 Å². The Bertz CT molecular complexity index is 1740. The molecular formula is C34H38N4O10. The van der Waals surface area contributed by atoms with Crippen LogP contribution in [0.15, 0.2) is 52.5 Å². The highest BCUT2D eigenvalue weighted by Crippen LogP contribution is 2.29. The van der Waals surface area contributed by atoms with Gasteiger partial charge in [-0.3, -0.25) is 19.7 Å². The molecule has 0 atom stereocenters. The molecule has 0 bridgehead atoms. The molecule has 254 valence electrons. The third-order valence-electron chi connectivity index (χ3n) is 6.08. The van der Waals surface area contributed by atoms with Crippen LogP contribution >= 0.6 is 0 Å². The van der Waals surface area contributed by atoms with Crippen molar-refractivity contribution in [3.05, 3.63) is 79.9 Å². The molecule has 48 heavy (non-hydrogen) atoms. The highest BCUT2D eigenvalue weighted by Gasteiger charge is 2.24. The van der Waals surface area contributed by atoms with Crippen molar-refractivity contribution in [3.8, 4) is 6.07 Å². The van der Waals surface area contributed by atoms with Crippen molar-refractivity contribution in [2.45, 2.75) is 65.6 Å². The Balaban J connectivity index is 0.000000334. The number of nitro groups is 1. The summed E-state index contributed by atoms with van der Waals surface area (Å²) in [6, 6.07) is 10.2. The molecule has 0 aromatic heterocycles. The molecule has 0 aliphatic carbocycles. The number of aliphatic imine (C=N–C) groups is 1. The summed E-state index contributed by atoms with van der Waals surface area (Å²) >= 11 is 0. The van der Waals surface area contributed by atoms with E-state index >= 15 is 0 Å². The number of nitro benzene ring substituents is 1. The minimum atomic E-state index is -0.783. The lowest BCUT2D eigenvalue weighted by Crippen LogP contribution is -2.26. The molecule has 0 spiro atoms. The van der Waals surface area contributed by atoms with Crippen LogP contribution in [0.4, 0.5) is 11.4 Å². The van der Waals surface area contributed by atoms with Gasteiger partial charge in [0.2, 0.25) is 0 Å². The molecule has 0 amide bonds. The van der Waals surface area contributed by atoms with Crippen molar-refractivity contribution in [1.29, 1.82) is 5.26 Å².